The van der Waals surface area contributed by atoms with Crippen molar-refractivity contribution in [1.82, 2.24) is 5.32 Å². The van der Waals surface area contributed by atoms with E-state index in [0.29, 0.717) is 0 Å². The van der Waals surface area contributed by atoms with Gasteiger partial charge in [-0.25, -0.2) is 4.79 Å². The molecule has 1 aliphatic carbocycles. The van der Waals surface area contributed by atoms with Gasteiger partial charge in [0, 0.05) is 22.4 Å². The fourth-order valence-corrected chi connectivity index (χ4v) is 3.60. The van der Waals surface area contributed by atoms with Crippen LogP contribution in [0.3, 0.4) is 0 Å². The highest BCUT2D eigenvalue weighted by Gasteiger charge is 2.34. The summed E-state index contributed by atoms with van der Waals surface area (Å²) in [5.41, 5.74) is 0.306. The van der Waals surface area contributed by atoms with Crippen molar-refractivity contribution in [2.45, 2.75) is 58.6 Å². The Kier molecular flexibility index (Phi) is 4.71. The number of amides is 1. The first kappa shape index (κ1) is 16.0. The van der Waals surface area contributed by atoms with E-state index < -0.39 is 11.7 Å². The Labute approximate surface area is 129 Å². The number of ether oxygens (including phenoxy) is 1. The van der Waals surface area contributed by atoms with Crippen LogP contribution in [0.5, 0.6) is 0 Å². The van der Waals surface area contributed by atoms with Gasteiger partial charge in [0.2, 0.25) is 0 Å². The fourth-order valence-electron chi connectivity index (χ4n) is 2.70. The molecule has 1 N–H and O–H groups in total. The maximum atomic E-state index is 12.6. The summed E-state index contributed by atoms with van der Waals surface area (Å²) >= 11 is 1.64. The van der Waals surface area contributed by atoms with Gasteiger partial charge >= 0.3 is 6.09 Å². The van der Waals surface area contributed by atoms with Crippen LogP contribution in [0, 0.1) is 5.92 Å². The molecule has 0 spiro atoms. The first-order valence-corrected chi connectivity index (χ1v) is 8.30. The molecule has 5 heteroatoms. The van der Waals surface area contributed by atoms with Crippen molar-refractivity contribution in [2.75, 3.05) is 0 Å². The van der Waals surface area contributed by atoms with Crippen LogP contribution < -0.4 is 5.32 Å². The van der Waals surface area contributed by atoms with Gasteiger partial charge in [-0.15, -0.1) is 11.3 Å². The van der Waals surface area contributed by atoms with Gasteiger partial charge in [0.25, 0.3) is 0 Å². The predicted molar refractivity (Wildman–Crippen MR) is 83.9 cm³/mol. The molecule has 2 atom stereocenters. The van der Waals surface area contributed by atoms with Crippen LogP contribution >= 0.6 is 11.3 Å². The van der Waals surface area contributed by atoms with E-state index >= 15 is 0 Å². The van der Waals surface area contributed by atoms with Crippen LogP contribution in [0.25, 0.3) is 0 Å². The van der Waals surface area contributed by atoms with Crippen LogP contribution in [-0.4, -0.2) is 23.5 Å². The van der Waals surface area contributed by atoms with Gasteiger partial charge in [-0.05, 0) is 51.5 Å². The lowest BCUT2D eigenvalue weighted by molar-refractivity contribution is 0.0478. The number of rotatable bonds is 3. The number of thiophene rings is 1. The lowest BCUT2D eigenvalue weighted by Gasteiger charge is -2.30. The van der Waals surface area contributed by atoms with Gasteiger partial charge in [-0.1, -0.05) is 6.92 Å². The zero-order valence-electron chi connectivity index (χ0n) is 13.1. The standard InChI is InChI=1S/C16H23NO3S/c1-5-12(17-15(19)20-16(2,3)4)10-6-7-13-11(14(10)18)8-9-21-13/h8-10,12H,5-7H2,1-4H3,(H,17,19). The average molecular weight is 309 g/mol. The SMILES string of the molecule is CCC(NC(=O)OC(C)(C)C)C1CCc2sccc2C1=O. The molecule has 1 amide bonds. The highest BCUT2D eigenvalue weighted by molar-refractivity contribution is 7.10. The van der Waals surface area contributed by atoms with Crippen molar-refractivity contribution >= 4 is 23.2 Å². The third kappa shape index (κ3) is 3.84. The third-order valence-corrected chi connectivity index (χ3v) is 4.64. The number of carbonyl (C=O) groups excluding carboxylic acids is 2. The summed E-state index contributed by atoms with van der Waals surface area (Å²) in [6.07, 6.45) is 1.98. The van der Waals surface area contributed by atoms with E-state index in [2.05, 4.69) is 5.32 Å². The Morgan fingerprint density at radius 2 is 2.24 bits per heavy atom. The Hall–Kier alpha value is -1.36. The molecule has 0 aromatic carbocycles. The van der Waals surface area contributed by atoms with Crippen LogP contribution in [0.1, 0.15) is 55.8 Å². The summed E-state index contributed by atoms with van der Waals surface area (Å²) in [5.74, 6) is 0.00465. The van der Waals surface area contributed by atoms with E-state index in [1.807, 2.05) is 39.1 Å². The van der Waals surface area contributed by atoms with Crippen LogP contribution in [0.2, 0.25) is 0 Å². The molecule has 2 unspecified atom stereocenters. The third-order valence-electron chi connectivity index (χ3n) is 3.66. The number of ketones is 1. The second-order valence-electron chi connectivity index (χ2n) is 6.43. The number of aryl methyl sites for hydroxylation is 1. The van der Waals surface area contributed by atoms with Gasteiger partial charge in [-0.2, -0.15) is 0 Å². The maximum Gasteiger partial charge on any atom is 0.407 e. The number of hydrogen-bond donors (Lipinski definition) is 1. The molecule has 0 saturated heterocycles. The van der Waals surface area contributed by atoms with E-state index in [1.165, 1.54) is 4.88 Å². The van der Waals surface area contributed by atoms with E-state index in [4.69, 9.17) is 4.74 Å². The quantitative estimate of drug-likeness (QED) is 0.924. The summed E-state index contributed by atoms with van der Waals surface area (Å²) in [4.78, 5) is 25.7. The Morgan fingerprint density at radius 3 is 2.86 bits per heavy atom. The van der Waals surface area contributed by atoms with Crippen molar-refractivity contribution in [3.8, 4) is 0 Å². The molecule has 1 aliphatic rings. The molecule has 1 heterocycles. The molecular formula is C16H23NO3S. The summed E-state index contributed by atoms with van der Waals surface area (Å²) in [5, 5.41) is 4.83. The first-order chi connectivity index (χ1) is 9.81. The van der Waals surface area contributed by atoms with Crippen molar-refractivity contribution in [2.24, 2.45) is 5.92 Å². The second kappa shape index (κ2) is 6.18. The summed E-state index contributed by atoms with van der Waals surface area (Å²) in [7, 11) is 0. The molecule has 0 radical (unpaired) electrons. The van der Waals surface area contributed by atoms with E-state index in [1.54, 1.807) is 11.3 Å². The van der Waals surface area contributed by atoms with Crippen LogP contribution in [0.15, 0.2) is 11.4 Å². The number of hydrogen-bond acceptors (Lipinski definition) is 4. The maximum absolute atomic E-state index is 12.6. The number of Topliss-reactive ketones (excluding diaryl/α,β-unsaturated/α-hetero) is 1. The normalized spacial score (nSPS) is 19.8. The predicted octanol–water partition coefficient (Wildman–Crippen LogP) is 3.80. The van der Waals surface area contributed by atoms with Crippen molar-refractivity contribution < 1.29 is 14.3 Å². The molecular weight excluding hydrogens is 286 g/mol. The molecule has 116 valence electrons. The highest BCUT2D eigenvalue weighted by atomic mass is 32.1. The largest absolute Gasteiger partial charge is 0.444 e. The van der Waals surface area contributed by atoms with Crippen LogP contribution in [0.4, 0.5) is 4.79 Å². The molecule has 2 rings (SSSR count). The molecule has 0 bridgehead atoms. The molecule has 0 fully saturated rings. The zero-order valence-corrected chi connectivity index (χ0v) is 13.9. The topological polar surface area (TPSA) is 55.4 Å². The Bertz CT molecular complexity index is 530. The monoisotopic (exact) mass is 309 g/mol. The van der Waals surface area contributed by atoms with Gasteiger partial charge in [0.05, 0.1) is 0 Å². The lowest BCUT2D eigenvalue weighted by atomic mass is 9.81. The molecule has 21 heavy (non-hydrogen) atoms. The van der Waals surface area contributed by atoms with Crippen molar-refractivity contribution in [1.29, 1.82) is 0 Å². The van der Waals surface area contributed by atoms with Gasteiger partial charge in [0.15, 0.2) is 5.78 Å². The summed E-state index contributed by atoms with van der Waals surface area (Å²) < 4.78 is 5.29. The van der Waals surface area contributed by atoms with E-state index in [9.17, 15) is 9.59 Å². The minimum Gasteiger partial charge on any atom is -0.444 e. The minimum atomic E-state index is -0.528. The first-order valence-electron chi connectivity index (χ1n) is 7.42. The minimum absolute atomic E-state index is 0.149. The number of fused-ring (bicyclic) bond motifs is 1. The smallest absolute Gasteiger partial charge is 0.407 e. The second-order valence-corrected chi connectivity index (χ2v) is 7.43. The summed E-state index contributed by atoms with van der Waals surface area (Å²) in [6.45, 7) is 7.48. The van der Waals surface area contributed by atoms with E-state index in [-0.39, 0.29) is 17.7 Å². The van der Waals surface area contributed by atoms with Gasteiger partial charge in [0.1, 0.15) is 5.60 Å². The Balaban J connectivity index is 2.05. The molecule has 4 nitrogen and oxygen atoms in total. The average Bonchev–Trinajstić information content (AvgIpc) is 2.84. The number of carbonyl (C=O) groups is 2. The van der Waals surface area contributed by atoms with Crippen molar-refractivity contribution in [3.05, 3.63) is 21.9 Å². The van der Waals surface area contributed by atoms with Gasteiger partial charge in [-0.3, -0.25) is 4.79 Å². The molecule has 1 aromatic rings. The molecule has 0 saturated carbocycles. The molecule has 1 aromatic heterocycles. The number of nitrogens with one attached hydrogen (secondary N) is 1. The van der Waals surface area contributed by atoms with Crippen LogP contribution in [-0.2, 0) is 11.2 Å². The fraction of sp³-hybridized carbons (Fsp3) is 0.625. The molecule has 0 aliphatic heterocycles. The van der Waals surface area contributed by atoms with Gasteiger partial charge < -0.3 is 10.1 Å². The Morgan fingerprint density at radius 1 is 1.52 bits per heavy atom. The lowest BCUT2D eigenvalue weighted by Crippen LogP contribution is -2.46. The van der Waals surface area contributed by atoms with Crippen molar-refractivity contribution in [3.63, 3.8) is 0 Å². The number of alkyl carbamates (subject to hydrolysis) is 1. The zero-order chi connectivity index (χ0) is 15.6. The summed E-state index contributed by atoms with van der Waals surface area (Å²) in [6, 6.07) is 1.73. The van der Waals surface area contributed by atoms with E-state index in [0.717, 1.165) is 24.8 Å². The highest BCUT2D eigenvalue weighted by Crippen LogP contribution is 2.32.